The van der Waals surface area contributed by atoms with Gasteiger partial charge in [-0.1, -0.05) is 47.5 Å². The van der Waals surface area contributed by atoms with Crippen LogP contribution in [0.4, 0.5) is 5.69 Å². The molecule has 0 N–H and O–H groups in total. The molecular formula is C28H22Cl2N2O3S. The molecule has 0 aliphatic carbocycles. The van der Waals surface area contributed by atoms with Crippen molar-refractivity contribution in [2.45, 2.75) is 42.3 Å². The Morgan fingerprint density at radius 2 is 1.72 bits per heavy atom. The molecule has 3 saturated heterocycles. The SMILES string of the molecule is CC12CCC(CCSc3cc(Cl)cc(Cl)c3)(O1)C1C(=O)N(c3ccc(C#N)c4ccccc34)C(=O)C12. The average Bonchev–Trinajstić information content (AvgIpc) is 3.42. The number of hydrogen-bond donors (Lipinski definition) is 0. The molecule has 0 spiro atoms. The van der Waals surface area contributed by atoms with E-state index in [-0.39, 0.29) is 11.8 Å². The Labute approximate surface area is 223 Å². The molecule has 4 unspecified atom stereocenters. The first-order chi connectivity index (χ1) is 17.3. The van der Waals surface area contributed by atoms with E-state index in [9.17, 15) is 14.9 Å². The van der Waals surface area contributed by atoms with Crippen LogP contribution in [0.1, 0.15) is 31.7 Å². The number of nitriles is 1. The maximum atomic E-state index is 14.0. The van der Waals surface area contributed by atoms with E-state index >= 15 is 0 Å². The smallest absolute Gasteiger partial charge is 0.240 e. The fraction of sp³-hybridized carbons (Fsp3) is 0.321. The third-order valence-electron chi connectivity index (χ3n) is 7.90. The van der Waals surface area contributed by atoms with Crippen molar-refractivity contribution >= 4 is 63.2 Å². The van der Waals surface area contributed by atoms with E-state index in [2.05, 4.69) is 6.07 Å². The third kappa shape index (κ3) is 3.48. The molecule has 182 valence electrons. The molecule has 2 amide bonds. The van der Waals surface area contributed by atoms with Crippen molar-refractivity contribution in [2.75, 3.05) is 10.7 Å². The van der Waals surface area contributed by atoms with Crippen molar-refractivity contribution in [2.24, 2.45) is 11.8 Å². The van der Waals surface area contributed by atoms with Crippen LogP contribution < -0.4 is 4.90 Å². The minimum Gasteiger partial charge on any atom is -0.367 e. The number of halogens is 2. The summed E-state index contributed by atoms with van der Waals surface area (Å²) in [6, 6.07) is 18.4. The summed E-state index contributed by atoms with van der Waals surface area (Å²) in [4.78, 5) is 30.1. The molecule has 2 bridgehead atoms. The summed E-state index contributed by atoms with van der Waals surface area (Å²) in [7, 11) is 0. The first-order valence-electron chi connectivity index (χ1n) is 11.9. The number of benzene rings is 3. The van der Waals surface area contributed by atoms with Gasteiger partial charge in [0.05, 0.1) is 40.4 Å². The maximum Gasteiger partial charge on any atom is 0.240 e. The van der Waals surface area contributed by atoms with Crippen LogP contribution in [-0.2, 0) is 14.3 Å². The first-order valence-corrected chi connectivity index (χ1v) is 13.6. The van der Waals surface area contributed by atoms with Crippen LogP contribution in [0.25, 0.3) is 10.8 Å². The predicted octanol–water partition coefficient (Wildman–Crippen LogP) is 6.63. The van der Waals surface area contributed by atoms with Crippen molar-refractivity contribution in [3.8, 4) is 6.07 Å². The van der Waals surface area contributed by atoms with Gasteiger partial charge in [-0.15, -0.1) is 11.8 Å². The molecular weight excluding hydrogens is 515 g/mol. The number of carbonyl (C=O) groups is 2. The van der Waals surface area contributed by atoms with Gasteiger partial charge in [0.2, 0.25) is 11.8 Å². The van der Waals surface area contributed by atoms with Gasteiger partial charge in [0, 0.05) is 31.5 Å². The molecule has 5 nitrogen and oxygen atoms in total. The Kier molecular flexibility index (Phi) is 5.62. The van der Waals surface area contributed by atoms with Gasteiger partial charge in [-0.2, -0.15) is 5.26 Å². The summed E-state index contributed by atoms with van der Waals surface area (Å²) in [5.41, 5.74) is -0.300. The van der Waals surface area contributed by atoms with Gasteiger partial charge in [-0.25, -0.2) is 4.90 Å². The summed E-state index contributed by atoms with van der Waals surface area (Å²) < 4.78 is 6.57. The van der Waals surface area contributed by atoms with E-state index < -0.39 is 23.0 Å². The van der Waals surface area contributed by atoms with Crippen molar-refractivity contribution in [1.29, 1.82) is 5.26 Å². The summed E-state index contributed by atoms with van der Waals surface area (Å²) in [5, 5.41) is 12.1. The molecule has 36 heavy (non-hydrogen) atoms. The Bertz CT molecular complexity index is 1470. The zero-order valence-electron chi connectivity index (χ0n) is 19.5. The second-order valence-corrected chi connectivity index (χ2v) is 12.0. The van der Waals surface area contributed by atoms with Gasteiger partial charge in [0.1, 0.15) is 0 Å². The van der Waals surface area contributed by atoms with Crippen molar-refractivity contribution < 1.29 is 14.3 Å². The quantitative estimate of drug-likeness (QED) is 0.270. The molecule has 6 rings (SSSR count). The van der Waals surface area contributed by atoms with E-state index in [4.69, 9.17) is 27.9 Å². The number of ether oxygens (including phenoxy) is 1. The van der Waals surface area contributed by atoms with Crippen LogP contribution in [0.5, 0.6) is 0 Å². The molecule has 3 aliphatic rings. The van der Waals surface area contributed by atoms with Gasteiger partial charge in [0.15, 0.2) is 0 Å². The number of thioether (sulfide) groups is 1. The molecule has 3 aliphatic heterocycles. The monoisotopic (exact) mass is 536 g/mol. The van der Waals surface area contributed by atoms with Gasteiger partial charge >= 0.3 is 0 Å². The highest BCUT2D eigenvalue weighted by Crippen LogP contribution is 2.62. The summed E-state index contributed by atoms with van der Waals surface area (Å²) >= 11 is 13.9. The van der Waals surface area contributed by atoms with E-state index in [0.717, 1.165) is 28.5 Å². The van der Waals surface area contributed by atoms with Gasteiger partial charge in [0.25, 0.3) is 0 Å². The summed E-state index contributed by atoms with van der Waals surface area (Å²) in [6.07, 6.45) is 2.12. The molecule has 0 saturated carbocycles. The normalized spacial score (nSPS) is 28.7. The van der Waals surface area contributed by atoms with Crippen LogP contribution in [0.15, 0.2) is 59.5 Å². The molecule has 3 heterocycles. The lowest BCUT2D eigenvalue weighted by atomic mass is 9.67. The van der Waals surface area contributed by atoms with Crippen molar-refractivity contribution in [1.82, 2.24) is 0 Å². The molecule has 4 atom stereocenters. The topological polar surface area (TPSA) is 70.4 Å². The second-order valence-electron chi connectivity index (χ2n) is 9.94. The molecule has 8 heteroatoms. The largest absolute Gasteiger partial charge is 0.367 e. The molecule has 0 aromatic heterocycles. The Hall–Kier alpha value is -2.56. The first kappa shape index (κ1) is 23.8. The highest BCUT2D eigenvalue weighted by atomic mass is 35.5. The number of nitrogens with zero attached hydrogens (tertiary/aromatic N) is 2. The van der Waals surface area contributed by atoms with E-state index in [0.29, 0.717) is 33.5 Å². The lowest BCUT2D eigenvalue weighted by Crippen LogP contribution is -2.42. The Morgan fingerprint density at radius 3 is 2.44 bits per heavy atom. The zero-order chi connectivity index (χ0) is 25.2. The Morgan fingerprint density at radius 1 is 1.03 bits per heavy atom. The van der Waals surface area contributed by atoms with E-state index in [1.807, 2.05) is 43.3 Å². The van der Waals surface area contributed by atoms with Gasteiger partial charge in [-0.05, 0) is 56.5 Å². The number of imide groups is 1. The van der Waals surface area contributed by atoms with Crippen molar-refractivity contribution in [3.05, 3.63) is 70.2 Å². The Balaban J connectivity index is 1.33. The molecule has 0 radical (unpaired) electrons. The number of anilines is 1. The maximum absolute atomic E-state index is 14.0. The van der Waals surface area contributed by atoms with Crippen LogP contribution in [0.2, 0.25) is 10.0 Å². The molecule has 3 fully saturated rings. The third-order valence-corrected chi connectivity index (χ3v) is 9.32. The zero-order valence-corrected chi connectivity index (χ0v) is 21.8. The van der Waals surface area contributed by atoms with Crippen LogP contribution >= 0.6 is 35.0 Å². The highest BCUT2D eigenvalue weighted by Gasteiger charge is 2.73. The predicted molar refractivity (Wildman–Crippen MR) is 141 cm³/mol. The number of carbonyl (C=O) groups excluding carboxylic acids is 2. The number of rotatable bonds is 5. The van der Waals surface area contributed by atoms with Crippen molar-refractivity contribution in [3.63, 3.8) is 0 Å². The van der Waals surface area contributed by atoms with Crippen LogP contribution in [-0.4, -0.2) is 28.8 Å². The second kappa shape index (κ2) is 8.49. The fourth-order valence-corrected chi connectivity index (χ4v) is 8.14. The lowest BCUT2D eigenvalue weighted by molar-refractivity contribution is -0.130. The highest BCUT2D eigenvalue weighted by molar-refractivity contribution is 7.99. The minimum absolute atomic E-state index is 0.209. The van der Waals surface area contributed by atoms with E-state index in [1.54, 1.807) is 30.0 Å². The average molecular weight is 537 g/mol. The summed E-state index contributed by atoms with van der Waals surface area (Å²) in [5.74, 6) is -0.755. The minimum atomic E-state index is -0.682. The fourth-order valence-electron chi connectivity index (χ4n) is 6.38. The molecule has 3 aromatic rings. The summed E-state index contributed by atoms with van der Waals surface area (Å²) in [6.45, 7) is 1.97. The van der Waals surface area contributed by atoms with Gasteiger partial charge < -0.3 is 4.74 Å². The van der Waals surface area contributed by atoms with Gasteiger partial charge in [-0.3, -0.25) is 9.59 Å². The van der Waals surface area contributed by atoms with Crippen LogP contribution in [0, 0.1) is 23.2 Å². The van der Waals surface area contributed by atoms with E-state index in [1.165, 1.54) is 4.90 Å². The number of fused-ring (bicyclic) bond motifs is 6. The number of amides is 2. The molecule has 3 aromatic carbocycles. The lowest BCUT2D eigenvalue weighted by Gasteiger charge is -2.31. The van der Waals surface area contributed by atoms with Crippen LogP contribution in [0.3, 0.4) is 0 Å². The standard InChI is InChI=1S/C28H22Cl2N2O3S/c1-27-8-9-28(35-27,10-11-36-19-13-17(29)12-18(30)14-19)24-23(27)25(33)32(26(24)34)22-7-6-16(15-31)20-4-2-3-5-21(20)22/h2-7,12-14,23-24H,8-11H2,1H3. The number of hydrogen-bond acceptors (Lipinski definition) is 5.